The molecule has 0 amide bonds. The summed E-state index contributed by atoms with van der Waals surface area (Å²) in [5.41, 5.74) is 0. The first kappa shape index (κ1) is 9.23. The van der Waals surface area contributed by atoms with Crippen LogP contribution in [0.1, 0.15) is 6.42 Å². The first-order valence-corrected chi connectivity index (χ1v) is 6.94. The third kappa shape index (κ3) is 2.93. The number of rotatable bonds is 2. The molecule has 2 nitrogen and oxygen atoms in total. The van der Waals surface area contributed by atoms with Crippen molar-refractivity contribution in [3.63, 3.8) is 0 Å². The molecule has 11 heavy (non-hydrogen) atoms. The summed E-state index contributed by atoms with van der Waals surface area (Å²) in [5.74, 6) is 0. The summed E-state index contributed by atoms with van der Waals surface area (Å²) in [6.45, 7) is 1.68. The zero-order chi connectivity index (χ0) is 8.54. The third-order valence-corrected chi connectivity index (χ3v) is 8.58. The molecule has 0 unspecified atom stereocenters. The zero-order valence-electron chi connectivity index (χ0n) is 6.07. The van der Waals surface area contributed by atoms with E-state index in [2.05, 4.69) is 0 Å². The molecule has 0 aromatic heterocycles. The van der Waals surface area contributed by atoms with Gasteiger partial charge < -0.3 is 8.23 Å². The standard InChI is InChI=1S/C4H9F3O2Si2/c1-11(8-10-9-11)3-2-4(5,6)7/h2-3,10H2,1H3. The fraction of sp³-hybridized carbons (Fsp3) is 1.00. The van der Waals surface area contributed by atoms with Crippen molar-refractivity contribution in [3.8, 4) is 0 Å². The Morgan fingerprint density at radius 1 is 1.36 bits per heavy atom. The maximum Gasteiger partial charge on any atom is 0.389 e. The van der Waals surface area contributed by atoms with Crippen molar-refractivity contribution in [2.75, 3.05) is 0 Å². The molecule has 1 rings (SSSR count). The second-order valence-corrected chi connectivity index (χ2v) is 7.97. The van der Waals surface area contributed by atoms with Crippen LogP contribution in [0.3, 0.4) is 0 Å². The molecule has 0 radical (unpaired) electrons. The minimum absolute atomic E-state index is 0.0451. The maximum absolute atomic E-state index is 11.7. The van der Waals surface area contributed by atoms with Gasteiger partial charge >= 0.3 is 14.7 Å². The Balaban J connectivity index is 2.21. The lowest BCUT2D eigenvalue weighted by Crippen LogP contribution is -2.52. The summed E-state index contributed by atoms with van der Waals surface area (Å²) in [5, 5.41) is 0. The average Bonchev–Trinajstić information content (AvgIpc) is 1.77. The normalized spacial score (nSPS) is 33.8. The largest absolute Gasteiger partial charge is 0.420 e. The van der Waals surface area contributed by atoms with Crippen molar-refractivity contribution in [1.82, 2.24) is 0 Å². The Hall–Kier alpha value is 0.144. The molecule has 0 spiro atoms. The highest BCUT2D eigenvalue weighted by Gasteiger charge is 2.42. The van der Waals surface area contributed by atoms with Crippen LogP contribution in [0.25, 0.3) is 0 Å². The van der Waals surface area contributed by atoms with E-state index < -0.39 is 31.2 Å². The van der Waals surface area contributed by atoms with E-state index in [0.717, 1.165) is 0 Å². The second-order valence-electron chi connectivity index (χ2n) is 2.66. The van der Waals surface area contributed by atoms with Gasteiger partial charge in [-0.1, -0.05) is 0 Å². The van der Waals surface area contributed by atoms with E-state index in [1.165, 1.54) is 0 Å². The smallest absolute Gasteiger partial charge is 0.389 e. The summed E-state index contributed by atoms with van der Waals surface area (Å²) in [6.07, 6.45) is -4.84. The van der Waals surface area contributed by atoms with E-state index in [-0.39, 0.29) is 6.04 Å². The Morgan fingerprint density at radius 3 is 2.18 bits per heavy atom. The molecule has 1 aliphatic rings. The Bertz CT molecular complexity index is 145. The van der Waals surface area contributed by atoms with Crippen molar-refractivity contribution >= 4 is 18.6 Å². The van der Waals surface area contributed by atoms with Crippen LogP contribution in [0.2, 0.25) is 12.6 Å². The quantitative estimate of drug-likeness (QED) is 0.623. The lowest BCUT2D eigenvalue weighted by atomic mass is 10.5. The molecule has 1 aliphatic heterocycles. The van der Waals surface area contributed by atoms with E-state index >= 15 is 0 Å². The monoisotopic (exact) mass is 202 g/mol. The molecule has 0 saturated carbocycles. The molecule has 0 aliphatic carbocycles. The van der Waals surface area contributed by atoms with Crippen molar-refractivity contribution in [2.45, 2.75) is 25.2 Å². The van der Waals surface area contributed by atoms with Gasteiger partial charge in [0.1, 0.15) is 0 Å². The minimum atomic E-state index is -4.07. The highest BCUT2D eigenvalue weighted by atomic mass is 28.5. The highest BCUT2D eigenvalue weighted by Crippen LogP contribution is 2.29. The van der Waals surface area contributed by atoms with Gasteiger partial charge in [-0.3, -0.25) is 0 Å². The van der Waals surface area contributed by atoms with Crippen LogP contribution < -0.4 is 0 Å². The molecule has 0 atom stereocenters. The van der Waals surface area contributed by atoms with Crippen LogP contribution in [0.15, 0.2) is 0 Å². The van der Waals surface area contributed by atoms with E-state index in [0.29, 0.717) is 0 Å². The lowest BCUT2D eigenvalue weighted by Gasteiger charge is -2.36. The first-order chi connectivity index (χ1) is 4.91. The summed E-state index contributed by atoms with van der Waals surface area (Å²) in [6, 6.07) is 0.0451. The number of hydrogen-bond acceptors (Lipinski definition) is 2. The molecule has 0 aromatic carbocycles. The molecule has 1 heterocycles. The van der Waals surface area contributed by atoms with Crippen molar-refractivity contribution in [1.29, 1.82) is 0 Å². The zero-order valence-corrected chi connectivity index (χ0v) is 8.49. The van der Waals surface area contributed by atoms with Crippen LogP contribution in [0, 0.1) is 0 Å². The fourth-order valence-electron chi connectivity index (χ4n) is 0.773. The predicted molar refractivity (Wildman–Crippen MR) is 37.8 cm³/mol. The van der Waals surface area contributed by atoms with Crippen LogP contribution in [0.4, 0.5) is 13.2 Å². The summed E-state index contributed by atoms with van der Waals surface area (Å²) in [7, 11) is -3.13. The Labute approximate surface area is 66.0 Å². The number of alkyl halides is 3. The van der Waals surface area contributed by atoms with Gasteiger partial charge in [0.2, 0.25) is 0 Å². The molecule has 1 saturated heterocycles. The summed E-state index contributed by atoms with van der Waals surface area (Å²) in [4.78, 5) is 0. The molecule has 0 N–H and O–H groups in total. The Morgan fingerprint density at radius 2 is 1.91 bits per heavy atom. The van der Waals surface area contributed by atoms with Crippen molar-refractivity contribution in [2.24, 2.45) is 0 Å². The summed E-state index contributed by atoms with van der Waals surface area (Å²) < 4.78 is 45.1. The minimum Gasteiger partial charge on any atom is -0.420 e. The van der Waals surface area contributed by atoms with Gasteiger partial charge in [0.15, 0.2) is 0 Å². The summed E-state index contributed by atoms with van der Waals surface area (Å²) >= 11 is 0. The molecule has 7 heteroatoms. The fourth-order valence-corrected chi connectivity index (χ4v) is 4.75. The number of hydrogen-bond donors (Lipinski definition) is 0. The highest BCUT2D eigenvalue weighted by molar-refractivity contribution is 6.79. The molecule has 0 bridgehead atoms. The van der Waals surface area contributed by atoms with E-state index in [4.69, 9.17) is 8.23 Å². The van der Waals surface area contributed by atoms with Gasteiger partial charge in [-0.05, 0) is 12.6 Å². The van der Waals surface area contributed by atoms with Crippen LogP contribution in [-0.4, -0.2) is 24.7 Å². The SMILES string of the molecule is C[Si]1(CCC(F)(F)F)O[SiH2]O1. The van der Waals surface area contributed by atoms with E-state index in [9.17, 15) is 13.2 Å². The Kier molecular flexibility index (Phi) is 2.42. The number of halogens is 3. The van der Waals surface area contributed by atoms with E-state index in [1.807, 2.05) is 0 Å². The first-order valence-electron chi connectivity index (χ1n) is 3.26. The van der Waals surface area contributed by atoms with Gasteiger partial charge in [0.25, 0.3) is 10.0 Å². The van der Waals surface area contributed by atoms with Gasteiger partial charge in [-0.2, -0.15) is 13.2 Å². The van der Waals surface area contributed by atoms with Gasteiger partial charge in [0.05, 0.1) is 0 Å². The van der Waals surface area contributed by atoms with Crippen molar-refractivity contribution in [3.05, 3.63) is 0 Å². The van der Waals surface area contributed by atoms with Crippen LogP contribution in [-0.2, 0) is 8.23 Å². The molecule has 66 valence electrons. The average molecular weight is 202 g/mol. The van der Waals surface area contributed by atoms with Crippen molar-refractivity contribution < 1.29 is 21.4 Å². The predicted octanol–water partition coefficient (Wildman–Crippen LogP) is 1.06. The molecular formula is C4H9F3O2Si2. The third-order valence-electron chi connectivity index (χ3n) is 1.59. The molecular weight excluding hydrogens is 193 g/mol. The van der Waals surface area contributed by atoms with Crippen LogP contribution in [0.5, 0.6) is 0 Å². The second kappa shape index (κ2) is 2.89. The van der Waals surface area contributed by atoms with Gasteiger partial charge in [0, 0.05) is 6.42 Å². The van der Waals surface area contributed by atoms with Gasteiger partial charge in [-0.15, -0.1) is 0 Å². The molecule has 1 fully saturated rings. The van der Waals surface area contributed by atoms with Gasteiger partial charge in [-0.25, -0.2) is 0 Å². The van der Waals surface area contributed by atoms with E-state index in [1.54, 1.807) is 6.55 Å². The maximum atomic E-state index is 11.7. The molecule has 0 aromatic rings. The lowest BCUT2D eigenvalue weighted by molar-refractivity contribution is -0.131. The van der Waals surface area contributed by atoms with Crippen LogP contribution >= 0.6 is 0 Å². The topological polar surface area (TPSA) is 18.5 Å².